The van der Waals surface area contributed by atoms with Gasteiger partial charge in [0.1, 0.15) is 0 Å². The van der Waals surface area contributed by atoms with Crippen molar-refractivity contribution in [3.05, 3.63) is 58.6 Å². The molecule has 0 fully saturated rings. The minimum Gasteiger partial charge on any atom is -0.481 e. The van der Waals surface area contributed by atoms with Crippen LogP contribution in [0.25, 0.3) is 0 Å². The Balaban J connectivity index is 2.15. The quantitative estimate of drug-likeness (QED) is 0.886. The van der Waals surface area contributed by atoms with E-state index >= 15 is 0 Å². The lowest BCUT2D eigenvalue weighted by atomic mass is 10.1. The predicted octanol–water partition coefficient (Wildman–Crippen LogP) is 4.02. The number of aliphatic carboxylic acids is 1. The molecule has 2 aromatic rings. The Labute approximate surface area is 116 Å². The summed E-state index contributed by atoms with van der Waals surface area (Å²) in [5, 5.41) is 12.7. The first-order chi connectivity index (χ1) is 9.06. The van der Waals surface area contributed by atoms with Gasteiger partial charge in [0.15, 0.2) is 0 Å². The smallest absolute Gasteiger partial charge is 0.307 e. The minimum atomic E-state index is -0.827. The Kier molecular flexibility index (Phi) is 4.07. The second-order valence-corrected chi connectivity index (χ2v) is 4.71. The van der Waals surface area contributed by atoms with Gasteiger partial charge >= 0.3 is 5.97 Å². The molecule has 98 valence electrons. The topological polar surface area (TPSA) is 49.3 Å². The van der Waals surface area contributed by atoms with Gasteiger partial charge in [-0.3, -0.25) is 4.79 Å². The first-order valence-electron chi connectivity index (χ1n) is 5.89. The van der Waals surface area contributed by atoms with Crippen LogP contribution < -0.4 is 5.32 Å². The summed E-state index contributed by atoms with van der Waals surface area (Å²) in [5.74, 6) is -0.827. The Morgan fingerprint density at radius 1 is 1.21 bits per heavy atom. The zero-order valence-corrected chi connectivity index (χ0v) is 11.2. The van der Waals surface area contributed by atoms with E-state index in [1.54, 1.807) is 12.1 Å². The van der Waals surface area contributed by atoms with E-state index in [1.165, 1.54) is 0 Å². The molecular weight excluding hydrogens is 262 g/mol. The number of halogens is 1. The molecule has 0 amide bonds. The molecule has 19 heavy (non-hydrogen) atoms. The number of carbonyl (C=O) groups is 1. The molecule has 2 rings (SSSR count). The number of hydrogen-bond donors (Lipinski definition) is 2. The fourth-order valence-electron chi connectivity index (χ4n) is 1.78. The van der Waals surface area contributed by atoms with E-state index in [0.717, 1.165) is 22.5 Å². The maximum Gasteiger partial charge on any atom is 0.307 e. The molecule has 0 bridgehead atoms. The predicted molar refractivity (Wildman–Crippen MR) is 77.3 cm³/mol. The number of carboxylic acids is 1. The highest BCUT2D eigenvalue weighted by Crippen LogP contribution is 2.26. The van der Waals surface area contributed by atoms with Crippen molar-refractivity contribution in [2.24, 2.45) is 0 Å². The van der Waals surface area contributed by atoms with E-state index < -0.39 is 5.97 Å². The van der Waals surface area contributed by atoms with E-state index in [1.807, 2.05) is 37.3 Å². The molecular formula is C15H14ClNO2. The number of nitrogens with one attached hydrogen (secondary N) is 1. The highest BCUT2D eigenvalue weighted by molar-refractivity contribution is 6.31. The van der Waals surface area contributed by atoms with Crippen LogP contribution in [-0.4, -0.2) is 11.1 Å². The molecule has 0 aromatic heterocycles. The van der Waals surface area contributed by atoms with E-state index in [9.17, 15) is 4.79 Å². The van der Waals surface area contributed by atoms with Crippen molar-refractivity contribution in [1.82, 2.24) is 0 Å². The molecule has 0 atom stereocenters. The molecule has 0 spiro atoms. The lowest BCUT2D eigenvalue weighted by Gasteiger charge is -2.11. The van der Waals surface area contributed by atoms with Crippen LogP contribution in [0.3, 0.4) is 0 Å². The van der Waals surface area contributed by atoms with E-state index in [0.29, 0.717) is 5.02 Å². The van der Waals surface area contributed by atoms with Crippen LogP contribution in [0.5, 0.6) is 0 Å². The van der Waals surface area contributed by atoms with Gasteiger partial charge in [0, 0.05) is 16.4 Å². The molecule has 0 aliphatic carbocycles. The molecule has 0 aliphatic rings. The summed E-state index contributed by atoms with van der Waals surface area (Å²) in [6, 6.07) is 13.0. The number of anilines is 2. The Morgan fingerprint density at radius 3 is 2.53 bits per heavy atom. The number of hydrogen-bond acceptors (Lipinski definition) is 2. The Hall–Kier alpha value is -2.00. The molecule has 4 heteroatoms. The van der Waals surface area contributed by atoms with Gasteiger partial charge in [0.05, 0.1) is 6.42 Å². The highest BCUT2D eigenvalue weighted by Gasteiger charge is 2.03. The minimum absolute atomic E-state index is 0.0382. The summed E-state index contributed by atoms with van der Waals surface area (Å²) in [4.78, 5) is 10.6. The van der Waals surface area contributed by atoms with Gasteiger partial charge in [-0.15, -0.1) is 0 Å². The van der Waals surface area contributed by atoms with Crippen LogP contribution in [-0.2, 0) is 11.2 Å². The molecule has 2 aromatic carbocycles. The second-order valence-electron chi connectivity index (χ2n) is 4.30. The third-order valence-electron chi connectivity index (χ3n) is 2.86. The van der Waals surface area contributed by atoms with Crippen molar-refractivity contribution in [3.63, 3.8) is 0 Å². The van der Waals surface area contributed by atoms with Gasteiger partial charge in [-0.05, 0) is 42.3 Å². The summed E-state index contributed by atoms with van der Waals surface area (Å²) < 4.78 is 0. The van der Waals surface area contributed by atoms with Crippen LogP contribution in [0.15, 0.2) is 42.5 Å². The maximum atomic E-state index is 10.6. The summed E-state index contributed by atoms with van der Waals surface area (Å²) in [6.07, 6.45) is 0.0382. The third kappa shape index (κ3) is 3.48. The lowest BCUT2D eigenvalue weighted by Crippen LogP contribution is -2.00. The third-order valence-corrected chi connectivity index (χ3v) is 3.27. The van der Waals surface area contributed by atoms with Crippen molar-refractivity contribution in [2.45, 2.75) is 13.3 Å². The maximum absolute atomic E-state index is 10.6. The molecule has 0 heterocycles. The normalized spacial score (nSPS) is 10.2. The first-order valence-corrected chi connectivity index (χ1v) is 6.27. The summed E-state index contributed by atoms with van der Waals surface area (Å²) >= 11 is 6.06. The highest BCUT2D eigenvalue weighted by atomic mass is 35.5. The van der Waals surface area contributed by atoms with Crippen molar-refractivity contribution >= 4 is 28.9 Å². The molecule has 2 N–H and O–H groups in total. The molecule has 0 saturated carbocycles. The zero-order chi connectivity index (χ0) is 13.8. The molecule has 0 unspecified atom stereocenters. The Morgan fingerprint density at radius 2 is 1.89 bits per heavy atom. The van der Waals surface area contributed by atoms with Crippen molar-refractivity contribution in [1.29, 1.82) is 0 Å². The number of benzene rings is 2. The number of rotatable bonds is 4. The zero-order valence-electron chi connectivity index (χ0n) is 10.5. The van der Waals surface area contributed by atoms with Crippen molar-refractivity contribution in [3.8, 4) is 0 Å². The van der Waals surface area contributed by atoms with Crippen molar-refractivity contribution < 1.29 is 9.90 Å². The fraction of sp³-hybridized carbons (Fsp3) is 0.133. The van der Waals surface area contributed by atoms with Gasteiger partial charge in [-0.1, -0.05) is 29.8 Å². The fourth-order valence-corrected chi connectivity index (χ4v) is 1.95. The van der Waals surface area contributed by atoms with E-state index in [4.69, 9.17) is 16.7 Å². The monoisotopic (exact) mass is 275 g/mol. The summed E-state index contributed by atoms with van der Waals surface area (Å²) in [7, 11) is 0. The van der Waals surface area contributed by atoms with E-state index in [2.05, 4.69) is 5.32 Å². The Bertz CT molecular complexity index is 594. The first kappa shape index (κ1) is 13.4. The van der Waals surface area contributed by atoms with Crippen molar-refractivity contribution in [2.75, 3.05) is 5.32 Å². The average molecular weight is 276 g/mol. The lowest BCUT2D eigenvalue weighted by molar-refractivity contribution is -0.136. The summed E-state index contributed by atoms with van der Waals surface area (Å²) in [5.41, 5.74) is 3.61. The van der Waals surface area contributed by atoms with E-state index in [-0.39, 0.29) is 6.42 Å². The van der Waals surface area contributed by atoms with Crippen LogP contribution in [0.2, 0.25) is 5.02 Å². The standard InChI is InChI=1S/C15H14ClNO2/c1-10-13(16)3-2-4-14(10)17-12-7-5-11(6-8-12)9-15(18)19/h2-8,17H,9H2,1H3,(H,18,19). The van der Waals surface area contributed by atoms with Gasteiger partial charge in [-0.25, -0.2) is 0 Å². The van der Waals surface area contributed by atoms with Crippen LogP contribution in [0.4, 0.5) is 11.4 Å². The number of carboxylic acid groups (broad SMARTS) is 1. The SMILES string of the molecule is Cc1c(Cl)cccc1Nc1ccc(CC(=O)O)cc1. The van der Waals surface area contributed by atoms with Gasteiger partial charge in [-0.2, -0.15) is 0 Å². The van der Waals surface area contributed by atoms with Crippen LogP contribution in [0, 0.1) is 6.92 Å². The second kappa shape index (κ2) is 5.76. The van der Waals surface area contributed by atoms with Crippen LogP contribution in [0.1, 0.15) is 11.1 Å². The molecule has 0 saturated heterocycles. The summed E-state index contributed by atoms with van der Waals surface area (Å²) in [6.45, 7) is 1.95. The van der Waals surface area contributed by atoms with Gasteiger partial charge in [0.25, 0.3) is 0 Å². The molecule has 0 radical (unpaired) electrons. The largest absolute Gasteiger partial charge is 0.481 e. The average Bonchev–Trinajstić information content (AvgIpc) is 2.37. The molecule has 0 aliphatic heterocycles. The van der Waals surface area contributed by atoms with Crippen LogP contribution >= 0.6 is 11.6 Å². The van der Waals surface area contributed by atoms with Gasteiger partial charge < -0.3 is 10.4 Å². The van der Waals surface area contributed by atoms with Gasteiger partial charge in [0.2, 0.25) is 0 Å². The molecule has 3 nitrogen and oxygen atoms in total.